The number of hydrogen-bond donors (Lipinski definition) is 1. The van der Waals surface area contributed by atoms with Crippen LogP contribution in [0.25, 0.3) is 0 Å². The van der Waals surface area contributed by atoms with E-state index in [0.717, 1.165) is 26.1 Å². The summed E-state index contributed by atoms with van der Waals surface area (Å²) < 4.78 is 3.80. The van der Waals surface area contributed by atoms with Gasteiger partial charge in [0.2, 0.25) is 0 Å². The van der Waals surface area contributed by atoms with Crippen LogP contribution in [0.3, 0.4) is 0 Å². The first-order chi connectivity index (χ1) is 9.15. The minimum Gasteiger partial charge on any atom is -0.310 e. The van der Waals surface area contributed by atoms with Crippen LogP contribution in [0, 0.1) is 0 Å². The second-order valence-electron chi connectivity index (χ2n) is 5.22. The van der Waals surface area contributed by atoms with E-state index in [4.69, 9.17) is 0 Å². The molecule has 0 aliphatic heterocycles. The molecule has 0 spiro atoms. The van der Waals surface area contributed by atoms with Crippen LogP contribution < -0.4 is 5.32 Å². The van der Waals surface area contributed by atoms with Crippen LogP contribution in [0.5, 0.6) is 0 Å². The molecule has 5 heteroatoms. The predicted molar refractivity (Wildman–Crippen MR) is 86.8 cm³/mol. The van der Waals surface area contributed by atoms with E-state index in [1.165, 1.54) is 35.1 Å². The Kier molecular flexibility index (Phi) is 5.37. The summed E-state index contributed by atoms with van der Waals surface area (Å²) in [6.45, 7) is 7.25. The summed E-state index contributed by atoms with van der Waals surface area (Å²) in [6.07, 6.45) is 7.32. The summed E-state index contributed by atoms with van der Waals surface area (Å²) in [5.41, 5.74) is 2.46. The van der Waals surface area contributed by atoms with Gasteiger partial charge in [-0.1, -0.05) is 13.3 Å². The molecule has 1 aliphatic rings. The molecule has 0 saturated heterocycles. The Morgan fingerprint density at radius 1 is 1.42 bits per heavy atom. The molecule has 1 heterocycles. The maximum Gasteiger partial charge on any atom is 0.0767 e. The number of nitrogens with zero attached hydrogens (tertiary/aromatic N) is 2. The fraction of sp³-hybridized carbons (Fsp3) is 0.786. The first kappa shape index (κ1) is 15.4. The Bertz CT molecular complexity index is 421. The van der Waals surface area contributed by atoms with E-state index >= 15 is 0 Å². The summed E-state index contributed by atoms with van der Waals surface area (Å²) in [5, 5.41) is 8.28. The van der Waals surface area contributed by atoms with Gasteiger partial charge in [0.1, 0.15) is 0 Å². The first-order valence-electron chi connectivity index (χ1n) is 7.15. The van der Waals surface area contributed by atoms with Crippen LogP contribution in [0.15, 0.2) is 4.47 Å². The molecule has 1 saturated carbocycles. The van der Waals surface area contributed by atoms with Crippen LogP contribution in [0.4, 0.5) is 0 Å². The van der Waals surface area contributed by atoms with Gasteiger partial charge < -0.3 is 5.32 Å². The summed E-state index contributed by atoms with van der Waals surface area (Å²) in [6, 6.07) is 0. The average molecular weight is 346 g/mol. The zero-order valence-electron chi connectivity index (χ0n) is 12.1. The van der Waals surface area contributed by atoms with Crippen molar-refractivity contribution in [2.75, 3.05) is 12.8 Å². The predicted octanol–water partition coefficient (Wildman–Crippen LogP) is 3.60. The molecule has 1 N–H and O–H groups in total. The molecule has 0 aromatic carbocycles. The minimum absolute atomic E-state index is 0.497. The second kappa shape index (κ2) is 6.64. The topological polar surface area (TPSA) is 29.9 Å². The van der Waals surface area contributed by atoms with Gasteiger partial charge in [0, 0.05) is 24.4 Å². The quantitative estimate of drug-likeness (QED) is 0.818. The molecular weight excluding hydrogens is 322 g/mol. The molecule has 0 atom stereocenters. The summed E-state index contributed by atoms with van der Waals surface area (Å²) in [4.78, 5) is 0. The number of nitrogens with one attached hydrogen (secondary N) is 1. The molecule has 3 nitrogen and oxygen atoms in total. The van der Waals surface area contributed by atoms with E-state index in [9.17, 15) is 0 Å². The second-order valence-corrected chi connectivity index (χ2v) is 7.29. The number of rotatable bonds is 7. The lowest BCUT2D eigenvalue weighted by Gasteiger charge is -2.40. The molecule has 2 rings (SSSR count). The SMILES string of the molecule is CCc1nn(CC)c(CNCC2(SC)CCC2)c1Br. The Morgan fingerprint density at radius 2 is 2.16 bits per heavy atom. The van der Waals surface area contributed by atoms with Crippen molar-refractivity contribution in [3.05, 3.63) is 15.9 Å². The highest BCUT2D eigenvalue weighted by molar-refractivity contribution is 9.10. The molecule has 1 fully saturated rings. The number of halogens is 1. The maximum atomic E-state index is 4.64. The van der Waals surface area contributed by atoms with Gasteiger partial charge in [-0.3, -0.25) is 4.68 Å². The molecule has 1 aliphatic carbocycles. The zero-order valence-corrected chi connectivity index (χ0v) is 14.5. The number of hydrogen-bond acceptors (Lipinski definition) is 3. The molecule has 0 radical (unpaired) electrons. The number of thioether (sulfide) groups is 1. The van der Waals surface area contributed by atoms with Crippen molar-refractivity contribution in [2.45, 2.75) is 57.4 Å². The lowest BCUT2D eigenvalue weighted by Crippen LogP contribution is -2.43. The van der Waals surface area contributed by atoms with Crippen LogP contribution in [-0.2, 0) is 19.5 Å². The van der Waals surface area contributed by atoms with Crippen molar-refractivity contribution in [3.8, 4) is 0 Å². The van der Waals surface area contributed by atoms with Gasteiger partial charge in [-0.15, -0.1) is 0 Å². The fourth-order valence-corrected chi connectivity index (χ4v) is 4.27. The van der Waals surface area contributed by atoms with E-state index in [1.807, 2.05) is 11.8 Å². The van der Waals surface area contributed by atoms with Crippen LogP contribution in [0.2, 0.25) is 0 Å². The van der Waals surface area contributed by atoms with Crippen molar-refractivity contribution >= 4 is 27.7 Å². The Labute approximate surface area is 129 Å². The summed E-state index contributed by atoms with van der Waals surface area (Å²) in [7, 11) is 0. The smallest absolute Gasteiger partial charge is 0.0767 e. The molecule has 19 heavy (non-hydrogen) atoms. The van der Waals surface area contributed by atoms with Crippen LogP contribution in [-0.4, -0.2) is 27.3 Å². The zero-order chi connectivity index (χ0) is 13.9. The highest BCUT2D eigenvalue weighted by Crippen LogP contribution is 2.42. The summed E-state index contributed by atoms with van der Waals surface area (Å²) in [5.74, 6) is 0. The number of aromatic nitrogens is 2. The minimum atomic E-state index is 0.497. The molecule has 108 valence electrons. The van der Waals surface area contributed by atoms with Gasteiger partial charge in [-0.25, -0.2) is 0 Å². The Balaban J connectivity index is 1.97. The summed E-state index contributed by atoms with van der Waals surface area (Å²) >= 11 is 5.72. The molecule has 0 bridgehead atoms. The fourth-order valence-electron chi connectivity index (χ4n) is 2.62. The third-order valence-corrected chi connectivity index (χ3v) is 6.47. The molecular formula is C14H24BrN3S. The van der Waals surface area contributed by atoms with E-state index in [2.05, 4.69) is 51.1 Å². The van der Waals surface area contributed by atoms with Gasteiger partial charge in [0.15, 0.2) is 0 Å². The third-order valence-electron chi connectivity index (χ3n) is 4.13. The van der Waals surface area contributed by atoms with Crippen molar-refractivity contribution in [3.63, 3.8) is 0 Å². The Hall–Kier alpha value is -0.000000000000000111. The molecule has 0 unspecified atom stereocenters. The maximum absolute atomic E-state index is 4.64. The highest BCUT2D eigenvalue weighted by atomic mass is 79.9. The van der Waals surface area contributed by atoms with E-state index in [0.29, 0.717) is 4.75 Å². The highest BCUT2D eigenvalue weighted by Gasteiger charge is 2.35. The van der Waals surface area contributed by atoms with Crippen molar-refractivity contribution in [1.82, 2.24) is 15.1 Å². The van der Waals surface area contributed by atoms with Gasteiger partial charge in [0.05, 0.1) is 15.9 Å². The number of aryl methyl sites for hydroxylation is 2. The molecule has 1 aromatic rings. The monoisotopic (exact) mass is 345 g/mol. The third kappa shape index (κ3) is 3.19. The normalized spacial score (nSPS) is 17.5. The van der Waals surface area contributed by atoms with Gasteiger partial charge in [-0.05, 0) is 48.4 Å². The average Bonchev–Trinajstić information content (AvgIpc) is 2.69. The van der Waals surface area contributed by atoms with Crippen molar-refractivity contribution in [2.24, 2.45) is 0 Å². The first-order valence-corrected chi connectivity index (χ1v) is 9.17. The van der Waals surface area contributed by atoms with Gasteiger partial charge in [-0.2, -0.15) is 16.9 Å². The van der Waals surface area contributed by atoms with E-state index in [1.54, 1.807) is 0 Å². The molecule has 1 aromatic heterocycles. The van der Waals surface area contributed by atoms with E-state index in [-0.39, 0.29) is 0 Å². The molecule has 0 amide bonds. The van der Waals surface area contributed by atoms with E-state index < -0.39 is 0 Å². The van der Waals surface area contributed by atoms with Gasteiger partial charge >= 0.3 is 0 Å². The lowest BCUT2D eigenvalue weighted by molar-refractivity contribution is 0.343. The standard InChI is InChI=1S/C14H24BrN3S/c1-4-11-13(15)12(18(5-2)17-11)9-16-10-14(19-3)7-6-8-14/h16H,4-10H2,1-3H3. The van der Waals surface area contributed by atoms with Crippen LogP contribution >= 0.6 is 27.7 Å². The van der Waals surface area contributed by atoms with Crippen molar-refractivity contribution < 1.29 is 0 Å². The Morgan fingerprint density at radius 3 is 2.63 bits per heavy atom. The lowest BCUT2D eigenvalue weighted by atomic mass is 9.84. The largest absolute Gasteiger partial charge is 0.310 e. The van der Waals surface area contributed by atoms with Crippen LogP contribution in [0.1, 0.15) is 44.5 Å². The van der Waals surface area contributed by atoms with Crippen molar-refractivity contribution in [1.29, 1.82) is 0 Å². The van der Waals surface area contributed by atoms with Gasteiger partial charge in [0.25, 0.3) is 0 Å².